The van der Waals surface area contributed by atoms with Crippen molar-refractivity contribution in [1.29, 1.82) is 0 Å². The van der Waals surface area contributed by atoms with Gasteiger partial charge >= 0.3 is 0 Å². The maximum atomic E-state index is 12.3. The first-order valence-electron chi connectivity index (χ1n) is 8.73. The molecular weight excluding hydrogens is 328 g/mol. The SMILES string of the molecule is Cc1cc(C)n(-c2cc(C)c3c(NC(=O)CC(C)(C)C)nn(C)c3n2)n1. The average molecular weight is 354 g/mol. The zero-order valence-corrected chi connectivity index (χ0v) is 16.5. The van der Waals surface area contributed by atoms with Gasteiger partial charge in [-0.2, -0.15) is 10.2 Å². The smallest absolute Gasteiger partial charge is 0.226 e. The van der Waals surface area contributed by atoms with Crippen molar-refractivity contribution in [2.24, 2.45) is 12.5 Å². The summed E-state index contributed by atoms with van der Waals surface area (Å²) in [5, 5.41) is 12.8. The molecule has 1 N–H and O–H groups in total. The molecule has 26 heavy (non-hydrogen) atoms. The molecule has 0 saturated heterocycles. The molecule has 0 aliphatic carbocycles. The van der Waals surface area contributed by atoms with Crippen LogP contribution >= 0.6 is 0 Å². The predicted octanol–water partition coefficient (Wildman–Crippen LogP) is 3.45. The first kappa shape index (κ1) is 18.1. The van der Waals surface area contributed by atoms with E-state index in [4.69, 9.17) is 4.98 Å². The molecule has 0 aromatic carbocycles. The van der Waals surface area contributed by atoms with Crippen LogP contribution in [0.2, 0.25) is 0 Å². The van der Waals surface area contributed by atoms with Crippen molar-refractivity contribution < 1.29 is 4.79 Å². The van der Waals surface area contributed by atoms with Gasteiger partial charge in [0.15, 0.2) is 17.3 Å². The predicted molar refractivity (Wildman–Crippen MR) is 103 cm³/mol. The summed E-state index contributed by atoms with van der Waals surface area (Å²) in [6, 6.07) is 3.99. The van der Waals surface area contributed by atoms with Gasteiger partial charge in [-0.1, -0.05) is 20.8 Å². The van der Waals surface area contributed by atoms with E-state index in [1.165, 1.54) is 0 Å². The standard InChI is InChI=1S/C19H26N6O/c1-11-8-14(25-13(3)9-12(2)22-25)20-18-16(11)17(23-24(18)7)21-15(26)10-19(4,5)6/h8-9H,10H2,1-7H3,(H,21,23,26). The normalized spacial score (nSPS) is 12.0. The molecular formula is C19H26N6O. The molecule has 3 aromatic heterocycles. The van der Waals surface area contributed by atoms with Crippen molar-refractivity contribution in [3.8, 4) is 5.82 Å². The van der Waals surface area contributed by atoms with Crippen molar-refractivity contribution >= 4 is 22.8 Å². The molecule has 3 aromatic rings. The fraction of sp³-hybridized carbons (Fsp3) is 0.474. The van der Waals surface area contributed by atoms with Gasteiger partial charge in [0, 0.05) is 19.2 Å². The largest absolute Gasteiger partial charge is 0.309 e. The lowest BCUT2D eigenvalue weighted by atomic mass is 9.92. The van der Waals surface area contributed by atoms with Crippen LogP contribution in [0.25, 0.3) is 16.9 Å². The van der Waals surface area contributed by atoms with Crippen LogP contribution in [0.1, 0.15) is 44.1 Å². The van der Waals surface area contributed by atoms with Crippen LogP contribution in [0.15, 0.2) is 12.1 Å². The van der Waals surface area contributed by atoms with E-state index in [1.807, 2.05) is 65.4 Å². The van der Waals surface area contributed by atoms with Crippen LogP contribution in [-0.4, -0.2) is 30.5 Å². The minimum atomic E-state index is -0.0788. The van der Waals surface area contributed by atoms with Crippen LogP contribution in [0, 0.1) is 26.2 Å². The number of fused-ring (bicyclic) bond motifs is 1. The first-order chi connectivity index (χ1) is 12.0. The molecule has 0 aliphatic rings. The molecule has 7 nitrogen and oxygen atoms in total. The minimum absolute atomic E-state index is 0.0421. The number of amides is 1. The monoisotopic (exact) mass is 354 g/mol. The molecule has 3 rings (SSSR count). The number of rotatable bonds is 3. The van der Waals surface area contributed by atoms with E-state index in [2.05, 4.69) is 15.5 Å². The molecule has 0 spiro atoms. The Morgan fingerprint density at radius 2 is 1.85 bits per heavy atom. The lowest BCUT2D eigenvalue weighted by molar-refractivity contribution is -0.117. The quantitative estimate of drug-likeness (QED) is 0.781. The van der Waals surface area contributed by atoms with Crippen LogP contribution in [0.3, 0.4) is 0 Å². The van der Waals surface area contributed by atoms with Gasteiger partial charge in [0.05, 0.1) is 11.1 Å². The third-order valence-electron chi connectivity index (χ3n) is 4.15. The third-order valence-corrected chi connectivity index (χ3v) is 4.15. The second kappa shape index (κ2) is 6.23. The zero-order chi connectivity index (χ0) is 19.2. The van der Waals surface area contributed by atoms with Crippen molar-refractivity contribution in [3.63, 3.8) is 0 Å². The molecule has 138 valence electrons. The topological polar surface area (TPSA) is 77.6 Å². The Kier molecular flexibility index (Phi) is 4.34. The molecule has 7 heteroatoms. The fourth-order valence-electron chi connectivity index (χ4n) is 3.13. The first-order valence-corrected chi connectivity index (χ1v) is 8.73. The number of pyridine rings is 1. The van der Waals surface area contributed by atoms with E-state index in [0.29, 0.717) is 12.2 Å². The van der Waals surface area contributed by atoms with Crippen LogP contribution < -0.4 is 5.32 Å². The summed E-state index contributed by atoms with van der Waals surface area (Å²) in [6.07, 6.45) is 0.432. The maximum absolute atomic E-state index is 12.3. The van der Waals surface area contributed by atoms with Gasteiger partial charge in [0.1, 0.15) is 0 Å². The highest BCUT2D eigenvalue weighted by Crippen LogP contribution is 2.28. The van der Waals surface area contributed by atoms with Crippen molar-refractivity contribution in [3.05, 3.63) is 29.1 Å². The van der Waals surface area contributed by atoms with E-state index in [-0.39, 0.29) is 11.3 Å². The summed E-state index contributed by atoms with van der Waals surface area (Å²) >= 11 is 0. The minimum Gasteiger partial charge on any atom is -0.309 e. The van der Waals surface area contributed by atoms with Crippen molar-refractivity contribution in [1.82, 2.24) is 24.5 Å². The zero-order valence-electron chi connectivity index (χ0n) is 16.5. The molecule has 0 radical (unpaired) electrons. The van der Waals surface area contributed by atoms with Crippen LogP contribution in [0.4, 0.5) is 5.82 Å². The summed E-state index contributed by atoms with van der Waals surface area (Å²) in [7, 11) is 1.83. The molecule has 1 amide bonds. The number of aromatic nitrogens is 5. The highest BCUT2D eigenvalue weighted by atomic mass is 16.1. The third kappa shape index (κ3) is 3.47. The number of aryl methyl sites for hydroxylation is 4. The van der Waals surface area contributed by atoms with Crippen molar-refractivity contribution in [2.75, 3.05) is 5.32 Å². The average Bonchev–Trinajstić information content (AvgIpc) is 2.97. The Hall–Kier alpha value is -2.70. The molecule has 0 aliphatic heterocycles. The molecule has 0 bridgehead atoms. The van der Waals surface area contributed by atoms with Gasteiger partial charge in [-0.15, -0.1) is 0 Å². The Balaban J connectivity index is 2.04. The lowest BCUT2D eigenvalue weighted by Gasteiger charge is -2.16. The van der Waals surface area contributed by atoms with E-state index in [0.717, 1.165) is 33.8 Å². The van der Waals surface area contributed by atoms with Gasteiger partial charge in [-0.3, -0.25) is 4.79 Å². The van der Waals surface area contributed by atoms with E-state index in [1.54, 1.807) is 4.68 Å². The molecule has 0 unspecified atom stereocenters. The summed E-state index contributed by atoms with van der Waals surface area (Å²) in [6.45, 7) is 12.1. The van der Waals surface area contributed by atoms with Gasteiger partial charge in [-0.25, -0.2) is 14.3 Å². The molecule has 0 atom stereocenters. The highest BCUT2D eigenvalue weighted by molar-refractivity contribution is 6.00. The molecule has 0 fully saturated rings. The van der Waals surface area contributed by atoms with Gasteiger partial charge in [0.2, 0.25) is 5.91 Å². The summed E-state index contributed by atoms with van der Waals surface area (Å²) in [5.41, 5.74) is 3.61. The number of nitrogens with one attached hydrogen (secondary N) is 1. The summed E-state index contributed by atoms with van der Waals surface area (Å²) in [5.74, 6) is 1.26. The second-order valence-electron chi connectivity index (χ2n) is 8.09. The highest BCUT2D eigenvalue weighted by Gasteiger charge is 2.20. The van der Waals surface area contributed by atoms with Gasteiger partial charge in [0.25, 0.3) is 0 Å². The van der Waals surface area contributed by atoms with Crippen molar-refractivity contribution in [2.45, 2.75) is 48.0 Å². The van der Waals surface area contributed by atoms with Crippen LogP contribution in [-0.2, 0) is 11.8 Å². The maximum Gasteiger partial charge on any atom is 0.226 e. The fourth-order valence-corrected chi connectivity index (χ4v) is 3.13. The number of carbonyl (C=O) groups excluding carboxylic acids is 1. The Bertz CT molecular complexity index is 990. The number of nitrogens with zero attached hydrogens (tertiary/aromatic N) is 5. The number of carbonyl (C=O) groups is 1. The Morgan fingerprint density at radius 3 is 2.42 bits per heavy atom. The van der Waals surface area contributed by atoms with E-state index < -0.39 is 0 Å². The van der Waals surface area contributed by atoms with Gasteiger partial charge in [-0.05, 0) is 43.9 Å². The Morgan fingerprint density at radius 1 is 1.15 bits per heavy atom. The second-order valence-corrected chi connectivity index (χ2v) is 8.09. The van der Waals surface area contributed by atoms with E-state index in [9.17, 15) is 4.79 Å². The van der Waals surface area contributed by atoms with Crippen LogP contribution in [0.5, 0.6) is 0 Å². The number of hydrogen-bond donors (Lipinski definition) is 1. The van der Waals surface area contributed by atoms with E-state index >= 15 is 0 Å². The summed E-state index contributed by atoms with van der Waals surface area (Å²) in [4.78, 5) is 17.1. The lowest BCUT2D eigenvalue weighted by Crippen LogP contribution is -2.20. The number of hydrogen-bond acceptors (Lipinski definition) is 4. The van der Waals surface area contributed by atoms with Gasteiger partial charge < -0.3 is 5.32 Å². The summed E-state index contributed by atoms with van der Waals surface area (Å²) < 4.78 is 3.52. The number of anilines is 1. The Labute approximate surface area is 153 Å². The molecule has 0 saturated carbocycles. The molecule has 3 heterocycles.